The van der Waals surface area contributed by atoms with Crippen LogP contribution in [0.15, 0.2) is 24.3 Å². The van der Waals surface area contributed by atoms with Gasteiger partial charge in [-0.15, -0.1) is 0 Å². The first kappa shape index (κ1) is 14.2. The number of hydrogen-bond donors (Lipinski definition) is 2. The van der Waals surface area contributed by atoms with E-state index in [-0.39, 0.29) is 0 Å². The fraction of sp³-hybridized carbons (Fsp3) is 0.625. The zero-order valence-electron chi connectivity index (χ0n) is 12.1. The molecule has 1 aliphatic rings. The van der Waals surface area contributed by atoms with Gasteiger partial charge < -0.3 is 15.4 Å². The van der Waals surface area contributed by atoms with Gasteiger partial charge in [-0.05, 0) is 49.9 Å². The Balaban J connectivity index is 1.80. The summed E-state index contributed by atoms with van der Waals surface area (Å²) < 4.78 is 5.75. The van der Waals surface area contributed by atoms with Crippen LogP contribution in [0.5, 0.6) is 5.75 Å². The molecule has 106 valence electrons. The fourth-order valence-corrected chi connectivity index (χ4v) is 2.31. The summed E-state index contributed by atoms with van der Waals surface area (Å²) in [6.45, 7) is 8.49. The van der Waals surface area contributed by atoms with Crippen molar-refractivity contribution in [1.29, 1.82) is 0 Å². The smallest absolute Gasteiger partial charge is 0.121 e. The van der Waals surface area contributed by atoms with Crippen molar-refractivity contribution in [2.75, 3.05) is 31.6 Å². The van der Waals surface area contributed by atoms with Crippen molar-refractivity contribution >= 4 is 5.69 Å². The SMILES string of the molecule is CC(C)COc1cccc(NCC2CCNCC2)c1. The van der Waals surface area contributed by atoms with Crippen molar-refractivity contribution in [2.24, 2.45) is 11.8 Å². The second-order valence-corrected chi connectivity index (χ2v) is 5.81. The highest BCUT2D eigenvalue weighted by Crippen LogP contribution is 2.19. The predicted molar refractivity (Wildman–Crippen MR) is 80.9 cm³/mol. The van der Waals surface area contributed by atoms with Gasteiger partial charge in [0.05, 0.1) is 6.61 Å². The standard InChI is InChI=1S/C16H26N2O/c1-13(2)12-19-16-5-3-4-15(10-16)18-11-14-6-8-17-9-7-14/h3-5,10,13-14,17-18H,6-9,11-12H2,1-2H3. The largest absolute Gasteiger partial charge is 0.493 e. The molecule has 0 aromatic heterocycles. The van der Waals surface area contributed by atoms with Gasteiger partial charge in [-0.1, -0.05) is 19.9 Å². The number of hydrogen-bond acceptors (Lipinski definition) is 3. The van der Waals surface area contributed by atoms with Gasteiger partial charge in [-0.3, -0.25) is 0 Å². The van der Waals surface area contributed by atoms with Crippen molar-refractivity contribution in [3.05, 3.63) is 24.3 Å². The maximum absolute atomic E-state index is 5.75. The van der Waals surface area contributed by atoms with E-state index in [1.807, 2.05) is 6.07 Å². The molecule has 0 spiro atoms. The molecule has 1 saturated heterocycles. The number of nitrogens with one attached hydrogen (secondary N) is 2. The Kier molecular flexibility index (Phi) is 5.52. The van der Waals surface area contributed by atoms with Gasteiger partial charge in [0, 0.05) is 18.3 Å². The van der Waals surface area contributed by atoms with Gasteiger partial charge >= 0.3 is 0 Å². The Bertz CT molecular complexity index is 373. The molecule has 1 aromatic rings. The molecule has 1 heterocycles. The number of anilines is 1. The molecule has 1 aliphatic heterocycles. The van der Waals surface area contributed by atoms with E-state index in [4.69, 9.17) is 4.74 Å². The third-order valence-electron chi connectivity index (χ3n) is 3.47. The first-order chi connectivity index (χ1) is 9.24. The topological polar surface area (TPSA) is 33.3 Å². The molecular formula is C16H26N2O. The maximum atomic E-state index is 5.75. The van der Waals surface area contributed by atoms with Crippen LogP contribution in [0.25, 0.3) is 0 Å². The highest BCUT2D eigenvalue weighted by atomic mass is 16.5. The quantitative estimate of drug-likeness (QED) is 0.826. The molecule has 2 N–H and O–H groups in total. The van der Waals surface area contributed by atoms with Gasteiger partial charge in [0.1, 0.15) is 5.75 Å². The van der Waals surface area contributed by atoms with Crippen molar-refractivity contribution in [2.45, 2.75) is 26.7 Å². The summed E-state index contributed by atoms with van der Waals surface area (Å²) in [5.74, 6) is 2.32. The van der Waals surface area contributed by atoms with Crippen LogP contribution >= 0.6 is 0 Å². The molecule has 0 radical (unpaired) electrons. The van der Waals surface area contributed by atoms with Crippen LogP contribution in [0.1, 0.15) is 26.7 Å². The van der Waals surface area contributed by atoms with Crippen LogP contribution in [0.2, 0.25) is 0 Å². The third-order valence-corrected chi connectivity index (χ3v) is 3.47. The molecule has 1 aromatic carbocycles. The second kappa shape index (κ2) is 7.39. The third kappa shape index (κ3) is 5.11. The minimum absolute atomic E-state index is 0.561. The lowest BCUT2D eigenvalue weighted by atomic mass is 9.98. The van der Waals surface area contributed by atoms with E-state index in [0.717, 1.165) is 37.9 Å². The average molecular weight is 262 g/mol. The summed E-state index contributed by atoms with van der Waals surface area (Å²) in [4.78, 5) is 0. The lowest BCUT2D eigenvalue weighted by Crippen LogP contribution is -2.31. The first-order valence-corrected chi connectivity index (χ1v) is 7.41. The van der Waals surface area contributed by atoms with Crippen LogP contribution < -0.4 is 15.4 Å². The summed E-state index contributed by atoms with van der Waals surface area (Å²) in [7, 11) is 0. The number of benzene rings is 1. The van der Waals surface area contributed by atoms with Crippen LogP contribution in [0.3, 0.4) is 0 Å². The molecule has 0 unspecified atom stereocenters. The molecule has 0 amide bonds. The highest BCUT2D eigenvalue weighted by Gasteiger charge is 2.12. The number of rotatable bonds is 6. The van der Waals surface area contributed by atoms with E-state index in [9.17, 15) is 0 Å². The molecule has 0 aliphatic carbocycles. The number of ether oxygens (including phenoxy) is 1. The van der Waals surface area contributed by atoms with Crippen LogP contribution in [0, 0.1) is 11.8 Å². The van der Waals surface area contributed by atoms with E-state index in [1.54, 1.807) is 0 Å². The molecule has 0 atom stereocenters. The van der Waals surface area contributed by atoms with Crippen LogP contribution in [0.4, 0.5) is 5.69 Å². The van der Waals surface area contributed by atoms with Gasteiger partial charge in [-0.2, -0.15) is 0 Å². The van der Waals surface area contributed by atoms with E-state index >= 15 is 0 Å². The normalized spacial score (nSPS) is 16.6. The van der Waals surface area contributed by atoms with E-state index in [0.29, 0.717) is 5.92 Å². The summed E-state index contributed by atoms with van der Waals surface area (Å²) in [5, 5.41) is 6.94. The average Bonchev–Trinajstić information content (AvgIpc) is 2.44. The Morgan fingerprint density at radius 2 is 2.11 bits per heavy atom. The Labute approximate surface area is 116 Å². The van der Waals surface area contributed by atoms with Crippen molar-refractivity contribution in [3.63, 3.8) is 0 Å². The van der Waals surface area contributed by atoms with Gasteiger partial charge in [-0.25, -0.2) is 0 Å². The first-order valence-electron chi connectivity index (χ1n) is 7.41. The predicted octanol–water partition coefficient (Wildman–Crippen LogP) is 3.13. The van der Waals surface area contributed by atoms with E-state index in [2.05, 4.69) is 42.7 Å². The van der Waals surface area contributed by atoms with Gasteiger partial charge in [0.25, 0.3) is 0 Å². The number of piperidine rings is 1. The highest BCUT2D eigenvalue weighted by molar-refractivity contribution is 5.48. The lowest BCUT2D eigenvalue weighted by molar-refractivity contribution is 0.271. The molecule has 19 heavy (non-hydrogen) atoms. The summed E-state index contributed by atoms with van der Waals surface area (Å²) in [5.41, 5.74) is 1.17. The zero-order chi connectivity index (χ0) is 13.5. The van der Waals surface area contributed by atoms with E-state index in [1.165, 1.54) is 18.5 Å². The summed E-state index contributed by atoms with van der Waals surface area (Å²) in [6.07, 6.45) is 2.55. The maximum Gasteiger partial charge on any atom is 0.121 e. The van der Waals surface area contributed by atoms with Crippen LogP contribution in [-0.4, -0.2) is 26.2 Å². The monoisotopic (exact) mass is 262 g/mol. The van der Waals surface area contributed by atoms with Gasteiger partial charge in [0.2, 0.25) is 0 Å². The van der Waals surface area contributed by atoms with Crippen molar-refractivity contribution in [3.8, 4) is 5.75 Å². The minimum Gasteiger partial charge on any atom is -0.493 e. The van der Waals surface area contributed by atoms with Crippen molar-refractivity contribution in [1.82, 2.24) is 5.32 Å². The molecule has 1 fully saturated rings. The Morgan fingerprint density at radius 1 is 1.32 bits per heavy atom. The molecule has 0 bridgehead atoms. The Hall–Kier alpha value is -1.22. The lowest BCUT2D eigenvalue weighted by Gasteiger charge is -2.23. The van der Waals surface area contributed by atoms with E-state index < -0.39 is 0 Å². The molecular weight excluding hydrogens is 236 g/mol. The van der Waals surface area contributed by atoms with Gasteiger partial charge in [0.15, 0.2) is 0 Å². The fourth-order valence-electron chi connectivity index (χ4n) is 2.31. The molecule has 0 saturated carbocycles. The molecule has 2 rings (SSSR count). The zero-order valence-corrected chi connectivity index (χ0v) is 12.1. The summed E-state index contributed by atoms with van der Waals surface area (Å²) >= 11 is 0. The Morgan fingerprint density at radius 3 is 2.84 bits per heavy atom. The van der Waals surface area contributed by atoms with Crippen LogP contribution in [-0.2, 0) is 0 Å². The molecule has 3 nitrogen and oxygen atoms in total. The van der Waals surface area contributed by atoms with Crippen molar-refractivity contribution < 1.29 is 4.74 Å². The summed E-state index contributed by atoms with van der Waals surface area (Å²) in [6, 6.07) is 8.30. The second-order valence-electron chi connectivity index (χ2n) is 5.81. The molecule has 3 heteroatoms. The minimum atomic E-state index is 0.561.